The lowest BCUT2D eigenvalue weighted by atomic mass is 10.1. The second-order valence-corrected chi connectivity index (χ2v) is 4.26. The molecule has 0 aliphatic heterocycles. The number of benzene rings is 2. The molecule has 0 bridgehead atoms. The number of aromatic hydroxyl groups is 1. The van der Waals surface area contributed by atoms with E-state index in [0.29, 0.717) is 17.9 Å². The van der Waals surface area contributed by atoms with E-state index in [2.05, 4.69) is 0 Å². The minimum Gasteiger partial charge on any atom is -0.504 e. The van der Waals surface area contributed by atoms with Gasteiger partial charge in [-0.2, -0.15) is 0 Å². The number of rotatable bonds is 4. The summed E-state index contributed by atoms with van der Waals surface area (Å²) in [4.78, 5) is 11.0. The van der Waals surface area contributed by atoms with Crippen molar-refractivity contribution in [1.82, 2.24) is 0 Å². The van der Waals surface area contributed by atoms with E-state index in [0.717, 1.165) is 11.1 Å². The maximum Gasteiger partial charge on any atom is 0.248 e. The van der Waals surface area contributed by atoms with Gasteiger partial charge in [0.25, 0.3) is 0 Å². The summed E-state index contributed by atoms with van der Waals surface area (Å²) in [6.07, 6.45) is 0. The molecule has 1 amide bonds. The van der Waals surface area contributed by atoms with Crippen molar-refractivity contribution in [2.24, 2.45) is 5.73 Å². The first-order valence-electron chi connectivity index (χ1n) is 5.88. The molecule has 0 saturated heterocycles. The highest BCUT2D eigenvalue weighted by molar-refractivity contribution is 5.93. The van der Waals surface area contributed by atoms with Crippen molar-refractivity contribution in [3.8, 4) is 11.5 Å². The molecular formula is C15H15NO3. The summed E-state index contributed by atoms with van der Waals surface area (Å²) in [5.41, 5.74) is 7.55. The number of carbonyl (C=O) groups excluding carboxylic acids is 1. The average molecular weight is 257 g/mol. The summed E-state index contributed by atoms with van der Waals surface area (Å²) in [6, 6.07) is 12.0. The molecule has 0 atom stereocenters. The Hall–Kier alpha value is -2.49. The minimum atomic E-state index is -0.448. The zero-order valence-electron chi connectivity index (χ0n) is 10.6. The van der Waals surface area contributed by atoms with Gasteiger partial charge in [-0.05, 0) is 42.3 Å². The molecular weight excluding hydrogens is 242 g/mol. The van der Waals surface area contributed by atoms with Crippen LogP contribution in [0, 0.1) is 6.92 Å². The number of primary amides is 1. The molecule has 0 aromatic heterocycles. The van der Waals surface area contributed by atoms with Crippen LogP contribution in [0.25, 0.3) is 0 Å². The molecule has 2 aromatic rings. The van der Waals surface area contributed by atoms with Crippen molar-refractivity contribution in [3.05, 3.63) is 59.2 Å². The molecule has 2 aromatic carbocycles. The number of hydrogen-bond acceptors (Lipinski definition) is 3. The Morgan fingerprint density at radius 1 is 1.26 bits per heavy atom. The highest BCUT2D eigenvalue weighted by Gasteiger charge is 2.06. The van der Waals surface area contributed by atoms with Crippen LogP contribution in [0.2, 0.25) is 0 Å². The third kappa shape index (κ3) is 3.04. The normalized spacial score (nSPS) is 10.2. The molecule has 0 aliphatic rings. The lowest BCUT2D eigenvalue weighted by molar-refractivity contribution is 0.1000. The number of para-hydroxylation sites is 2. The fourth-order valence-corrected chi connectivity index (χ4v) is 1.75. The summed E-state index contributed by atoms with van der Waals surface area (Å²) in [5.74, 6) is 0.0889. The van der Waals surface area contributed by atoms with E-state index in [-0.39, 0.29) is 5.75 Å². The Kier molecular flexibility index (Phi) is 3.71. The van der Waals surface area contributed by atoms with Crippen LogP contribution < -0.4 is 10.5 Å². The first kappa shape index (κ1) is 13.0. The predicted octanol–water partition coefficient (Wildman–Crippen LogP) is 2.38. The number of phenols is 1. The Bertz CT molecular complexity index is 608. The van der Waals surface area contributed by atoms with E-state index in [1.54, 1.807) is 42.5 Å². The maximum atomic E-state index is 11.0. The average Bonchev–Trinajstić information content (AvgIpc) is 2.39. The third-order valence-electron chi connectivity index (χ3n) is 2.88. The standard InChI is InChI=1S/C15H15NO3/c1-10-8-11(15(16)18)6-7-12(10)9-19-14-5-3-2-4-13(14)17/h2-8,17H,9H2,1H3,(H2,16,18). The highest BCUT2D eigenvalue weighted by atomic mass is 16.5. The van der Waals surface area contributed by atoms with Gasteiger partial charge in [0.15, 0.2) is 11.5 Å². The summed E-state index contributed by atoms with van der Waals surface area (Å²) in [5, 5.41) is 9.59. The lowest BCUT2D eigenvalue weighted by Gasteiger charge is -2.10. The van der Waals surface area contributed by atoms with Gasteiger partial charge in [0.05, 0.1) is 0 Å². The van der Waals surface area contributed by atoms with Crippen molar-refractivity contribution >= 4 is 5.91 Å². The van der Waals surface area contributed by atoms with Crippen molar-refractivity contribution in [3.63, 3.8) is 0 Å². The molecule has 0 unspecified atom stereocenters. The number of carbonyl (C=O) groups is 1. The fourth-order valence-electron chi connectivity index (χ4n) is 1.75. The number of aryl methyl sites for hydroxylation is 1. The molecule has 2 rings (SSSR count). The lowest BCUT2D eigenvalue weighted by Crippen LogP contribution is -2.11. The quantitative estimate of drug-likeness (QED) is 0.883. The largest absolute Gasteiger partial charge is 0.504 e. The SMILES string of the molecule is Cc1cc(C(N)=O)ccc1COc1ccccc1O. The molecule has 19 heavy (non-hydrogen) atoms. The summed E-state index contributed by atoms with van der Waals surface area (Å²) >= 11 is 0. The van der Waals surface area contributed by atoms with E-state index in [4.69, 9.17) is 10.5 Å². The third-order valence-corrected chi connectivity index (χ3v) is 2.88. The van der Waals surface area contributed by atoms with Crippen LogP contribution in [0.15, 0.2) is 42.5 Å². The Morgan fingerprint density at radius 3 is 2.63 bits per heavy atom. The Balaban J connectivity index is 2.12. The van der Waals surface area contributed by atoms with Crippen LogP contribution in [-0.4, -0.2) is 11.0 Å². The van der Waals surface area contributed by atoms with Gasteiger partial charge in [-0.25, -0.2) is 0 Å². The topological polar surface area (TPSA) is 72.6 Å². The van der Waals surface area contributed by atoms with E-state index >= 15 is 0 Å². The fraction of sp³-hybridized carbons (Fsp3) is 0.133. The molecule has 98 valence electrons. The van der Waals surface area contributed by atoms with Gasteiger partial charge in [-0.3, -0.25) is 4.79 Å². The molecule has 0 aliphatic carbocycles. The monoisotopic (exact) mass is 257 g/mol. The van der Waals surface area contributed by atoms with Crippen LogP contribution in [0.1, 0.15) is 21.5 Å². The van der Waals surface area contributed by atoms with Crippen LogP contribution in [-0.2, 0) is 6.61 Å². The van der Waals surface area contributed by atoms with Crippen LogP contribution in [0.3, 0.4) is 0 Å². The number of phenolic OH excluding ortho intramolecular Hbond substituents is 1. The summed E-state index contributed by atoms with van der Waals surface area (Å²) < 4.78 is 5.54. The van der Waals surface area contributed by atoms with Crippen LogP contribution in [0.5, 0.6) is 11.5 Å². The molecule has 0 heterocycles. The molecule has 0 radical (unpaired) electrons. The van der Waals surface area contributed by atoms with E-state index in [1.165, 1.54) is 0 Å². The van der Waals surface area contributed by atoms with E-state index in [1.807, 2.05) is 6.92 Å². The highest BCUT2D eigenvalue weighted by Crippen LogP contribution is 2.25. The zero-order chi connectivity index (χ0) is 13.8. The van der Waals surface area contributed by atoms with Crippen LogP contribution in [0.4, 0.5) is 0 Å². The molecule has 4 heteroatoms. The Labute approximate surface area is 111 Å². The van der Waals surface area contributed by atoms with Crippen molar-refractivity contribution in [1.29, 1.82) is 0 Å². The van der Waals surface area contributed by atoms with Crippen molar-refractivity contribution in [2.45, 2.75) is 13.5 Å². The second kappa shape index (κ2) is 5.44. The number of ether oxygens (including phenoxy) is 1. The van der Waals surface area contributed by atoms with Crippen LogP contribution >= 0.6 is 0 Å². The van der Waals surface area contributed by atoms with E-state index < -0.39 is 5.91 Å². The number of hydrogen-bond donors (Lipinski definition) is 2. The van der Waals surface area contributed by atoms with Gasteiger partial charge in [0, 0.05) is 5.56 Å². The molecule has 0 spiro atoms. The molecule has 3 N–H and O–H groups in total. The van der Waals surface area contributed by atoms with Gasteiger partial charge in [0.1, 0.15) is 6.61 Å². The maximum absolute atomic E-state index is 11.0. The predicted molar refractivity (Wildman–Crippen MR) is 72.1 cm³/mol. The van der Waals surface area contributed by atoms with Gasteiger partial charge in [0.2, 0.25) is 5.91 Å². The first-order chi connectivity index (χ1) is 9.08. The zero-order valence-corrected chi connectivity index (χ0v) is 10.6. The van der Waals surface area contributed by atoms with Crippen molar-refractivity contribution in [2.75, 3.05) is 0 Å². The van der Waals surface area contributed by atoms with Gasteiger partial charge < -0.3 is 15.6 Å². The molecule has 4 nitrogen and oxygen atoms in total. The minimum absolute atomic E-state index is 0.105. The van der Waals surface area contributed by atoms with Crippen molar-refractivity contribution < 1.29 is 14.6 Å². The molecule has 0 saturated carbocycles. The number of nitrogens with two attached hydrogens (primary N) is 1. The summed E-state index contributed by atoms with van der Waals surface area (Å²) in [6.45, 7) is 2.21. The van der Waals surface area contributed by atoms with Gasteiger partial charge >= 0.3 is 0 Å². The second-order valence-electron chi connectivity index (χ2n) is 4.26. The smallest absolute Gasteiger partial charge is 0.248 e. The number of amides is 1. The molecule has 0 fully saturated rings. The van der Waals surface area contributed by atoms with Gasteiger partial charge in [-0.15, -0.1) is 0 Å². The Morgan fingerprint density at radius 2 is 2.00 bits per heavy atom. The first-order valence-corrected chi connectivity index (χ1v) is 5.88. The van der Waals surface area contributed by atoms with E-state index in [9.17, 15) is 9.90 Å². The van der Waals surface area contributed by atoms with Gasteiger partial charge in [-0.1, -0.05) is 18.2 Å². The summed E-state index contributed by atoms with van der Waals surface area (Å²) in [7, 11) is 0.